The Labute approximate surface area is 111 Å². The van der Waals surface area contributed by atoms with Gasteiger partial charge in [0, 0.05) is 26.2 Å². The van der Waals surface area contributed by atoms with Gasteiger partial charge in [-0.1, -0.05) is 0 Å². The molecule has 2 N–H and O–H groups in total. The smallest absolute Gasteiger partial charge is 0.0739 e. The maximum atomic E-state index is 5.96. The van der Waals surface area contributed by atoms with Gasteiger partial charge in [-0.2, -0.15) is 5.10 Å². The molecule has 1 aromatic heterocycles. The van der Waals surface area contributed by atoms with E-state index in [0.717, 1.165) is 29.8 Å². The Morgan fingerprint density at radius 1 is 1.59 bits per heavy atom. The first kappa shape index (κ1) is 13.1. The predicted octanol–water partition coefficient (Wildman–Crippen LogP) is 1.66. The first-order valence-corrected chi connectivity index (χ1v) is 6.94. The Morgan fingerprint density at radius 3 is 2.76 bits per heavy atom. The number of rotatable bonds is 3. The fourth-order valence-electron chi connectivity index (χ4n) is 2.50. The lowest BCUT2D eigenvalue weighted by Gasteiger charge is -2.18. The van der Waals surface area contributed by atoms with Crippen LogP contribution in [0.5, 0.6) is 0 Å². The molecule has 0 radical (unpaired) electrons. The lowest BCUT2D eigenvalue weighted by molar-refractivity contribution is 0.299. The molecule has 0 bridgehead atoms. The topological polar surface area (TPSA) is 47.1 Å². The third kappa shape index (κ3) is 2.72. The Balaban J connectivity index is 2.03. The molecule has 4 nitrogen and oxygen atoms in total. The number of hydrogen-bond acceptors (Lipinski definition) is 3. The second-order valence-corrected chi connectivity index (χ2v) is 5.91. The van der Waals surface area contributed by atoms with E-state index in [9.17, 15) is 0 Å². The van der Waals surface area contributed by atoms with E-state index in [4.69, 9.17) is 5.73 Å². The minimum atomic E-state index is 0.303. The van der Waals surface area contributed by atoms with Crippen molar-refractivity contribution >= 4 is 15.9 Å². The summed E-state index contributed by atoms with van der Waals surface area (Å²) in [6.07, 6.45) is 1.21. The summed E-state index contributed by atoms with van der Waals surface area (Å²) in [7, 11) is 2.01. The van der Waals surface area contributed by atoms with Gasteiger partial charge in [-0.3, -0.25) is 9.58 Å². The van der Waals surface area contributed by atoms with Gasteiger partial charge in [0.2, 0.25) is 0 Å². The molecule has 17 heavy (non-hydrogen) atoms. The maximum absolute atomic E-state index is 5.96. The summed E-state index contributed by atoms with van der Waals surface area (Å²) in [4.78, 5) is 2.47. The highest BCUT2D eigenvalue weighted by Crippen LogP contribution is 2.25. The van der Waals surface area contributed by atoms with Gasteiger partial charge in [-0.25, -0.2) is 0 Å². The van der Waals surface area contributed by atoms with Crippen LogP contribution in [0.4, 0.5) is 0 Å². The van der Waals surface area contributed by atoms with E-state index in [1.807, 2.05) is 18.7 Å². The van der Waals surface area contributed by atoms with Crippen LogP contribution in [-0.4, -0.2) is 33.8 Å². The van der Waals surface area contributed by atoms with Gasteiger partial charge in [0.05, 0.1) is 15.9 Å². The standard InChI is InChI=1S/C12H21BrN4/c1-8(14)10-4-5-17(6-10)7-11-12(13)9(2)15-16(11)3/h8,10H,4-7,14H2,1-3H3. The van der Waals surface area contributed by atoms with E-state index < -0.39 is 0 Å². The molecule has 0 spiro atoms. The second-order valence-electron chi connectivity index (χ2n) is 5.11. The van der Waals surface area contributed by atoms with Gasteiger partial charge in [-0.15, -0.1) is 0 Å². The van der Waals surface area contributed by atoms with Crippen LogP contribution in [0.25, 0.3) is 0 Å². The monoisotopic (exact) mass is 300 g/mol. The van der Waals surface area contributed by atoms with Gasteiger partial charge < -0.3 is 5.73 Å². The van der Waals surface area contributed by atoms with Crippen molar-refractivity contribution in [1.82, 2.24) is 14.7 Å². The number of halogens is 1. The zero-order chi connectivity index (χ0) is 12.6. The maximum Gasteiger partial charge on any atom is 0.0739 e. The fourth-order valence-corrected chi connectivity index (χ4v) is 2.96. The van der Waals surface area contributed by atoms with Crippen LogP contribution in [0.1, 0.15) is 24.7 Å². The van der Waals surface area contributed by atoms with Crippen molar-refractivity contribution in [3.8, 4) is 0 Å². The SMILES string of the molecule is Cc1nn(C)c(CN2CCC(C(C)N)C2)c1Br. The number of nitrogens with two attached hydrogens (primary N) is 1. The van der Waals surface area contributed by atoms with Crippen molar-refractivity contribution in [2.45, 2.75) is 32.9 Å². The summed E-state index contributed by atoms with van der Waals surface area (Å²) in [6, 6.07) is 0.303. The summed E-state index contributed by atoms with van der Waals surface area (Å²) in [5, 5.41) is 4.43. The molecule has 2 atom stereocenters. The van der Waals surface area contributed by atoms with Crippen molar-refractivity contribution in [1.29, 1.82) is 0 Å². The van der Waals surface area contributed by atoms with E-state index in [0.29, 0.717) is 12.0 Å². The highest BCUT2D eigenvalue weighted by atomic mass is 79.9. The van der Waals surface area contributed by atoms with E-state index in [-0.39, 0.29) is 0 Å². The molecule has 1 aromatic rings. The van der Waals surface area contributed by atoms with Gasteiger partial charge in [-0.05, 0) is 48.7 Å². The van der Waals surface area contributed by atoms with Crippen molar-refractivity contribution < 1.29 is 0 Å². The number of hydrogen-bond donors (Lipinski definition) is 1. The zero-order valence-electron chi connectivity index (χ0n) is 10.8. The molecular formula is C12H21BrN4. The second kappa shape index (κ2) is 5.08. The van der Waals surface area contributed by atoms with Crippen LogP contribution in [0.15, 0.2) is 4.47 Å². The lowest BCUT2D eigenvalue weighted by atomic mass is 10.0. The zero-order valence-corrected chi connectivity index (χ0v) is 12.4. The summed E-state index contributed by atoms with van der Waals surface area (Å²) in [5.74, 6) is 0.642. The molecule has 2 unspecified atom stereocenters. The normalized spacial score (nSPS) is 23.2. The fraction of sp³-hybridized carbons (Fsp3) is 0.750. The molecule has 0 aromatic carbocycles. The highest BCUT2D eigenvalue weighted by Gasteiger charge is 2.26. The molecule has 0 amide bonds. The summed E-state index contributed by atoms with van der Waals surface area (Å²) >= 11 is 3.62. The molecule has 5 heteroatoms. The Hall–Kier alpha value is -0.390. The van der Waals surface area contributed by atoms with Crippen LogP contribution < -0.4 is 5.73 Å². The van der Waals surface area contributed by atoms with Gasteiger partial charge >= 0.3 is 0 Å². The Kier molecular flexibility index (Phi) is 3.90. The van der Waals surface area contributed by atoms with E-state index in [1.165, 1.54) is 12.1 Å². The average Bonchev–Trinajstić information content (AvgIpc) is 2.80. The molecule has 1 aliphatic heterocycles. The molecule has 1 aliphatic rings. The average molecular weight is 301 g/mol. The van der Waals surface area contributed by atoms with E-state index in [1.54, 1.807) is 0 Å². The Morgan fingerprint density at radius 2 is 2.29 bits per heavy atom. The third-order valence-corrected chi connectivity index (χ3v) is 4.72. The number of aromatic nitrogens is 2. The molecular weight excluding hydrogens is 280 g/mol. The molecule has 2 heterocycles. The molecule has 1 fully saturated rings. The number of nitrogens with zero attached hydrogens (tertiary/aromatic N) is 3. The summed E-state index contributed by atoms with van der Waals surface area (Å²) in [6.45, 7) is 7.35. The molecule has 0 saturated carbocycles. The minimum Gasteiger partial charge on any atom is -0.328 e. The quantitative estimate of drug-likeness (QED) is 0.923. The van der Waals surface area contributed by atoms with Crippen LogP contribution in [0, 0.1) is 12.8 Å². The predicted molar refractivity (Wildman–Crippen MR) is 72.7 cm³/mol. The summed E-state index contributed by atoms with van der Waals surface area (Å²) in [5.41, 5.74) is 8.28. The highest BCUT2D eigenvalue weighted by molar-refractivity contribution is 9.10. The van der Waals surface area contributed by atoms with Crippen LogP contribution >= 0.6 is 15.9 Å². The van der Waals surface area contributed by atoms with Crippen LogP contribution in [0.3, 0.4) is 0 Å². The van der Waals surface area contributed by atoms with Crippen LogP contribution in [0.2, 0.25) is 0 Å². The minimum absolute atomic E-state index is 0.303. The molecule has 1 saturated heterocycles. The molecule has 96 valence electrons. The number of aryl methyl sites for hydroxylation is 2. The first-order chi connectivity index (χ1) is 7.99. The molecule has 0 aliphatic carbocycles. The summed E-state index contributed by atoms with van der Waals surface area (Å²) < 4.78 is 3.11. The van der Waals surface area contributed by atoms with E-state index in [2.05, 4.69) is 32.9 Å². The first-order valence-electron chi connectivity index (χ1n) is 6.15. The number of likely N-dealkylation sites (tertiary alicyclic amines) is 1. The van der Waals surface area contributed by atoms with Crippen molar-refractivity contribution in [3.05, 3.63) is 15.9 Å². The Bertz CT molecular complexity index is 399. The van der Waals surface area contributed by atoms with Gasteiger partial charge in [0.1, 0.15) is 0 Å². The molecule has 2 rings (SSSR count). The van der Waals surface area contributed by atoms with Gasteiger partial charge in [0.15, 0.2) is 0 Å². The van der Waals surface area contributed by atoms with Crippen molar-refractivity contribution in [3.63, 3.8) is 0 Å². The van der Waals surface area contributed by atoms with E-state index >= 15 is 0 Å². The van der Waals surface area contributed by atoms with Crippen molar-refractivity contribution in [2.24, 2.45) is 18.7 Å². The lowest BCUT2D eigenvalue weighted by Crippen LogP contribution is -2.30. The largest absolute Gasteiger partial charge is 0.328 e. The van der Waals surface area contributed by atoms with Crippen LogP contribution in [-0.2, 0) is 13.6 Å². The third-order valence-electron chi connectivity index (χ3n) is 3.69. The van der Waals surface area contributed by atoms with Crippen molar-refractivity contribution in [2.75, 3.05) is 13.1 Å². The van der Waals surface area contributed by atoms with Gasteiger partial charge in [0.25, 0.3) is 0 Å².